The molecule has 2 rings (SSSR count). The summed E-state index contributed by atoms with van der Waals surface area (Å²) in [6.45, 7) is 4.51. The first-order chi connectivity index (χ1) is 12.5. The molecule has 0 saturated carbocycles. The largest absolute Gasteiger partial charge is 0.496 e. The Morgan fingerprint density at radius 3 is 2.19 bits per heavy atom. The van der Waals surface area contributed by atoms with Gasteiger partial charge in [0.15, 0.2) is 11.5 Å². The smallest absolute Gasteiger partial charge is 0.230 e. The lowest BCUT2D eigenvalue weighted by molar-refractivity contribution is -0.118. The summed E-state index contributed by atoms with van der Waals surface area (Å²) in [5.74, 6) is 2.15. The minimum absolute atomic E-state index is 0.0370. The maximum absolute atomic E-state index is 12.2. The van der Waals surface area contributed by atoms with Crippen LogP contribution in [-0.2, 0) is 11.3 Å². The van der Waals surface area contributed by atoms with Gasteiger partial charge in [0.1, 0.15) is 5.75 Å². The van der Waals surface area contributed by atoms with Gasteiger partial charge in [0.05, 0.1) is 27.1 Å². The van der Waals surface area contributed by atoms with Crippen LogP contribution >= 0.6 is 11.8 Å². The van der Waals surface area contributed by atoms with E-state index in [1.807, 2.05) is 12.1 Å². The maximum Gasteiger partial charge on any atom is 0.230 e. The number of aryl methyl sites for hydroxylation is 2. The van der Waals surface area contributed by atoms with Crippen LogP contribution in [0.1, 0.15) is 16.7 Å². The fourth-order valence-electron chi connectivity index (χ4n) is 2.43. The van der Waals surface area contributed by atoms with E-state index in [1.165, 1.54) is 22.9 Å². The molecular weight excluding hydrogens is 350 g/mol. The van der Waals surface area contributed by atoms with Crippen molar-refractivity contribution in [2.75, 3.05) is 27.1 Å². The van der Waals surface area contributed by atoms with E-state index in [0.717, 1.165) is 10.5 Å². The van der Waals surface area contributed by atoms with E-state index in [1.54, 1.807) is 27.4 Å². The number of carbonyl (C=O) groups is 1. The summed E-state index contributed by atoms with van der Waals surface area (Å²) in [6.07, 6.45) is 0. The summed E-state index contributed by atoms with van der Waals surface area (Å²) in [4.78, 5) is 13.3. The van der Waals surface area contributed by atoms with Gasteiger partial charge in [-0.3, -0.25) is 4.79 Å². The molecule has 0 saturated heterocycles. The second-order valence-corrected chi connectivity index (χ2v) is 6.88. The first kappa shape index (κ1) is 20.0. The van der Waals surface area contributed by atoms with Crippen LogP contribution in [0.2, 0.25) is 0 Å². The molecule has 0 aliphatic carbocycles. The van der Waals surface area contributed by atoms with Crippen molar-refractivity contribution in [2.45, 2.75) is 25.3 Å². The van der Waals surface area contributed by atoms with Crippen molar-refractivity contribution < 1.29 is 19.0 Å². The molecule has 2 aromatic carbocycles. The highest BCUT2D eigenvalue weighted by Gasteiger charge is 2.13. The molecule has 0 spiro atoms. The van der Waals surface area contributed by atoms with Gasteiger partial charge in [0, 0.05) is 23.1 Å². The number of methoxy groups -OCH3 is 3. The van der Waals surface area contributed by atoms with Gasteiger partial charge in [-0.1, -0.05) is 6.07 Å². The fourth-order valence-corrected chi connectivity index (χ4v) is 3.25. The van der Waals surface area contributed by atoms with Crippen LogP contribution in [-0.4, -0.2) is 33.0 Å². The molecule has 5 nitrogen and oxygen atoms in total. The van der Waals surface area contributed by atoms with Gasteiger partial charge >= 0.3 is 0 Å². The van der Waals surface area contributed by atoms with Gasteiger partial charge in [-0.25, -0.2) is 0 Å². The summed E-state index contributed by atoms with van der Waals surface area (Å²) in [6, 6.07) is 9.78. The molecule has 1 amide bonds. The zero-order chi connectivity index (χ0) is 19.1. The van der Waals surface area contributed by atoms with Gasteiger partial charge in [0.2, 0.25) is 5.91 Å². The van der Waals surface area contributed by atoms with Gasteiger partial charge in [-0.15, -0.1) is 11.8 Å². The van der Waals surface area contributed by atoms with Crippen molar-refractivity contribution in [3.63, 3.8) is 0 Å². The average molecular weight is 375 g/mol. The van der Waals surface area contributed by atoms with Crippen molar-refractivity contribution in [1.29, 1.82) is 0 Å². The Morgan fingerprint density at radius 2 is 1.58 bits per heavy atom. The molecule has 0 aliphatic heterocycles. The minimum atomic E-state index is -0.0370. The van der Waals surface area contributed by atoms with E-state index in [9.17, 15) is 4.79 Å². The van der Waals surface area contributed by atoms with Crippen molar-refractivity contribution in [3.05, 3.63) is 47.0 Å². The lowest BCUT2D eigenvalue weighted by atomic mass is 10.1. The number of amides is 1. The summed E-state index contributed by atoms with van der Waals surface area (Å²) < 4.78 is 16.0. The molecule has 0 atom stereocenters. The van der Waals surface area contributed by atoms with Crippen molar-refractivity contribution in [1.82, 2.24) is 5.32 Å². The number of nitrogens with one attached hydrogen (secondary N) is 1. The number of thioether (sulfide) groups is 1. The molecule has 140 valence electrons. The third-order valence-corrected chi connectivity index (χ3v) is 5.10. The molecule has 1 N–H and O–H groups in total. The molecule has 0 bridgehead atoms. The van der Waals surface area contributed by atoms with E-state index in [0.29, 0.717) is 29.5 Å². The maximum atomic E-state index is 12.2. The summed E-state index contributed by atoms with van der Waals surface area (Å²) >= 11 is 1.52. The Hall–Kier alpha value is -2.34. The zero-order valence-electron chi connectivity index (χ0n) is 15.8. The molecule has 0 radical (unpaired) electrons. The van der Waals surface area contributed by atoms with Crippen LogP contribution in [0, 0.1) is 13.8 Å². The van der Waals surface area contributed by atoms with Gasteiger partial charge in [0.25, 0.3) is 0 Å². The zero-order valence-corrected chi connectivity index (χ0v) is 16.7. The predicted octanol–water partition coefficient (Wildman–Crippen LogP) is 3.74. The third kappa shape index (κ3) is 5.08. The first-order valence-electron chi connectivity index (χ1n) is 8.24. The van der Waals surface area contributed by atoms with Crippen LogP contribution in [0.15, 0.2) is 35.2 Å². The number of hydrogen-bond donors (Lipinski definition) is 1. The van der Waals surface area contributed by atoms with Crippen LogP contribution in [0.25, 0.3) is 0 Å². The summed E-state index contributed by atoms with van der Waals surface area (Å²) in [7, 11) is 4.73. The Bertz CT molecular complexity index is 777. The summed E-state index contributed by atoms with van der Waals surface area (Å²) in [5.41, 5.74) is 3.31. The first-order valence-corrected chi connectivity index (χ1v) is 9.22. The predicted molar refractivity (Wildman–Crippen MR) is 105 cm³/mol. The molecule has 6 heteroatoms. The number of hydrogen-bond acceptors (Lipinski definition) is 5. The molecule has 0 unspecified atom stereocenters. The van der Waals surface area contributed by atoms with E-state index < -0.39 is 0 Å². The topological polar surface area (TPSA) is 56.8 Å². The number of rotatable bonds is 8. The highest BCUT2D eigenvalue weighted by Crippen LogP contribution is 2.34. The van der Waals surface area contributed by atoms with Crippen LogP contribution in [0.4, 0.5) is 0 Å². The van der Waals surface area contributed by atoms with E-state index >= 15 is 0 Å². The van der Waals surface area contributed by atoms with E-state index in [2.05, 4.69) is 31.3 Å². The lowest BCUT2D eigenvalue weighted by Crippen LogP contribution is -2.24. The normalized spacial score (nSPS) is 10.3. The van der Waals surface area contributed by atoms with E-state index in [-0.39, 0.29) is 5.91 Å². The Balaban J connectivity index is 1.97. The Labute approximate surface area is 159 Å². The Kier molecular flexibility index (Phi) is 7.21. The monoisotopic (exact) mass is 375 g/mol. The second kappa shape index (κ2) is 9.38. The molecule has 26 heavy (non-hydrogen) atoms. The third-order valence-electron chi connectivity index (χ3n) is 4.11. The number of carbonyl (C=O) groups excluding carboxylic acids is 1. The molecule has 2 aromatic rings. The highest BCUT2D eigenvalue weighted by atomic mass is 32.2. The van der Waals surface area contributed by atoms with Crippen molar-refractivity contribution in [2.24, 2.45) is 0 Å². The quantitative estimate of drug-likeness (QED) is 0.713. The van der Waals surface area contributed by atoms with E-state index in [4.69, 9.17) is 14.2 Å². The Morgan fingerprint density at radius 1 is 0.923 bits per heavy atom. The average Bonchev–Trinajstić information content (AvgIpc) is 2.66. The molecule has 0 aromatic heterocycles. The SMILES string of the molecule is COc1cc(OC)c(OC)cc1CNC(=O)CSc1ccc(C)c(C)c1. The van der Waals surface area contributed by atoms with Gasteiger partial charge < -0.3 is 19.5 Å². The van der Waals surface area contributed by atoms with Gasteiger partial charge in [-0.2, -0.15) is 0 Å². The van der Waals surface area contributed by atoms with Crippen molar-refractivity contribution in [3.8, 4) is 17.2 Å². The van der Waals surface area contributed by atoms with Crippen LogP contribution in [0.5, 0.6) is 17.2 Å². The van der Waals surface area contributed by atoms with Crippen molar-refractivity contribution >= 4 is 17.7 Å². The highest BCUT2D eigenvalue weighted by molar-refractivity contribution is 8.00. The molecule has 0 aliphatic rings. The minimum Gasteiger partial charge on any atom is -0.496 e. The fraction of sp³-hybridized carbons (Fsp3) is 0.350. The van der Waals surface area contributed by atoms with Crippen LogP contribution < -0.4 is 19.5 Å². The molecule has 0 heterocycles. The van der Waals surface area contributed by atoms with Gasteiger partial charge in [-0.05, 0) is 43.2 Å². The number of ether oxygens (including phenoxy) is 3. The molecule has 0 fully saturated rings. The molecular formula is C20H25NO4S. The lowest BCUT2D eigenvalue weighted by Gasteiger charge is -2.14. The second-order valence-electron chi connectivity index (χ2n) is 5.83. The standard InChI is InChI=1S/C20H25NO4S/c1-13-6-7-16(8-14(13)2)26-12-20(22)21-11-15-9-18(24-4)19(25-5)10-17(15)23-3/h6-10H,11-12H2,1-5H3,(H,21,22). The number of benzene rings is 2. The summed E-state index contributed by atoms with van der Waals surface area (Å²) in [5, 5.41) is 2.92. The van der Waals surface area contributed by atoms with Crippen LogP contribution in [0.3, 0.4) is 0 Å².